The Morgan fingerprint density at radius 1 is 1.46 bits per heavy atom. The van der Waals surface area contributed by atoms with Crippen LogP contribution < -0.4 is 0 Å². The van der Waals surface area contributed by atoms with Crippen molar-refractivity contribution < 1.29 is 4.39 Å². The highest BCUT2D eigenvalue weighted by Crippen LogP contribution is 2.17. The van der Waals surface area contributed by atoms with Crippen LogP contribution in [0, 0.1) is 5.82 Å². The van der Waals surface area contributed by atoms with Crippen molar-refractivity contribution >= 4 is 5.65 Å². The zero-order chi connectivity index (χ0) is 9.42. The van der Waals surface area contributed by atoms with Crippen LogP contribution in [0.3, 0.4) is 0 Å². The van der Waals surface area contributed by atoms with Gasteiger partial charge in [0.25, 0.3) is 0 Å². The second-order valence-electron chi connectivity index (χ2n) is 3.43. The molecule has 0 aliphatic carbocycles. The Balaban J connectivity index is 2.70. The largest absolute Gasteiger partial charge is 0.304 e. The van der Waals surface area contributed by atoms with Crippen LogP contribution in [0.4, 0.5) is 4.39 Å². The molecule has 0 fully saturated rings. The normalized spacial score (nSPS) is 11.4. The van der Waals surface area contributed by atoms with Crippen molar-refractivity contribution in [1.82, 2.24) is 9.38 Å². The number of fused-ring (bicyclic) bond motifs is 1. The lowest BCUT2D eigenvalue weighted by atomic mass is 10.1. The van der Waals surface area contributed by atoms with Crippen LogP contribution in [-0.4, -0.2) is 9.38 Å². The average molecular weight is 178 g/mol. The van der Waals surface area contributed by atoms with Crippen LogP contribution in [0.2, 0.25) is 0 Å². The fourth-order valence-corrected chi connectivity index (χ4v) is 1.33. The molecule has 0 N–H and O–H groups in total. The van der Waals surface area contributed by atoms with Gasteiger partial charge < -0.3 is 4.40 Å². The molecule has 13 heavy (non-hydrogen) atoms. The van der Waals surface area contributed by atoms with Crippen molar-refractivity contribution in [2.24, 2.45) is 0 Å². The first-order chi connectivity index (χ1) is 6.18. The van der Waals surface area contributed by atoms with Crippen molar-refractivity contribution in [1.29, 1.82) is 0 Å². The smallest absolute Gasteiger partial charge is 0.173 e. The minimum absolute atomic E-state index is 0.254. The predicted molar refractivity (Wildman–Crippen MR) is 49.2 cm³/mol. The molecule has 0 spiro atoms. The molecule has 0 saturated heterocycles. The number of hydrogen-bond donors (Lipinski definition) is 0. The molecule has 0 bridgehead atoms. The van der Waals surface area contributed by atoms with E-state index in [0.717, 1.165) is 5.56 Å². The lowest BCUT2D eigenvalue weighted by molar-refractivity contribution is 0.624. The molecule has 2 heterocycles. The molecule has 2 nitrogen and oxygen atoms in total. The van der Waals surface area contributed by atoms with Gasteiger partial charge in [-0.15, -0.1) is 0 Å². The Hall–Kier alpha value is -1.38. The van der Waals surface area contributed by atoms with Gasteiger partial charge in [0.15, 0.2) is 11.5 Å². The monoisotopic (exact) mass is 178 g/mol. The third-order valence-corrected chi connectivity index (χ3v) is 2.13. The van der Waals surface area contributed by atoms with Gasteiger partial charge in [-0.2, -0.15) is 0 Å². The maximum atomic E-state index is 13.4. The Kier molecular flexibility index (Phi) is 1.79. The van der Waals surface area contributed by atoms with E-state index in [1.54, 1.807) is 22.9 Å². The van der Waals surface area contributed by atoms with Crippen molar-refractivity contribution in [3.8, 4) is 0 Å². The lowest BCUT2D eigenvalue weighted by Gasteiger charge is -2.06. The first kappa shape index (κ1) is 8.23. The molecule has 0 atom stereocenters. The molecule has 0 aliphatic rings. The van der Waals surface area contributed by atoms with Gasteiger partial charge in [0.1, 0.15) is 0 Å². The van der Waals surface area contributed by atoms with E-state index in [1.807, 2.05) is 20.0 Å². The molecule has 0 radical (unpaired) electrons. The summed E-state index contributed by atoms with van der Waals surface area (Å²) < 4.78 is 15.1. The first-order valence-electron chi connectivity index (χ1n) is 4.30. The molecule has 2 rings (SSSR count). The van der Waals surface area contributed by atoms with E-state index in [0.29, 0.717) is 11.6 Å². The van der Waals surface area contributed by atoms with E-state index in [2.05, 4.69) is 4.98 Å². The van der Waals surface area contributed by atoms with E-state index < -0.39 is 0 Å². The Morgan fingerprint density at radius 2 is 2.23 bits per heavy atom. The summed E-state index contributed by atoms with van der Waals surface area (Å²) in [6.07, 6.45) is 5.27. The third-order valence-electron chi connectivity index (χ3n) is 2.13. The van der Waals surface area contributed by atoms with Crippen LogP contribution >= 0.6 is 0 Å². The summed E-state index contributed by atoms with van der Waals surface area (Å²) in [5.74, 6) is 0.0810. The second kappa shape index (κ2) is 2.83. The number of rotatable bonds is 1. The number of hydrogen-bond acceptors (Lipinski definition) is 1. The molecule has 68 valence electrons. The number of pyridine rings is 1. The van der Waals surface area contributed by atoms with Gasteiger partial charge >= 0.3 is 0 Å². The molecular formula is C10H11FN2. The molecule has 0 amide bonds. The molecular weight excluding hydrogens is 167 g/mol. The van der Waals surface area contributed by atoms with E-state index in [-0.39, 0.29) is 5.82 Å². The van der Waals surface area contributed by atoms with Crippen LogP contribution in [0.15, 0.2) is 24.7 Å². The van der Waals surface area contributed by atoms with Crippen LogP contribution in [0.1, 0.15) is 25.3 Å². The third kappa shape index (κ3) is 1.30. The maximum Gasteiger partial charge on any atom is 0.173 e. The first-order valence-corrected chi connectivity index (χ1v) is 4.30. The van der Waals surface area contributed by atoms with Crippen molar-refractivity contribution in [2.45, 2.75) is 19.8 Å². The van der Waals surface area contributed by atoms with E-state index in [1.165, 1.54) is 0 Å². The summed E-state index contributed by atoms with van der Waals surface area (Å²) in [5, 5.41) is 0. The summed E-state index contributed by atoms with van der Waals surface area (Å²) in [7, 11) is 0. The van der Waals surface area contributed by atoms with E-state index in [9.17, 15) is 4.39 Å². The quantitative estimate of drug-likeness (QED) is 0.656. The summed E-state index contributed by atoms with van der Waals surface area (Å²) in [6, 6.07) is 1.55. The number of nitrogens with zero attached hydrogens (tertiary/aromatic N) is 2. The van der Waals surface area contributed by atoms with Gasteiger partial charge in [0, 0.05) is 18.6 Å². The molecule has 0 aromatic carbocycles. The fraction of sp³-hybridized carbons (Fsp3) is 0.300. The minimum atomic E-state index is -0.254. The van der Waals surface area contributed by atoms with Crippen molar-refractivity contribution in [2.75, 3.05) is 0 Å². The molecule has 0 aliphatic heterocycles. The summed E-state index contributed by atoms with van der Waals surface area (Å²) in [5.41, 5.74) is 1.38. The van der Waals surface area contributed by atoms with Gasteiger partial charge in [-0.05, 0) is 17.5 Å². The Labute approximate surface area is 76.0 Å². The minimum Gasteiger partial charge on any atom is -0.304 e. The molecule has 3 heteroatoms. The summed E-state index contributed by atoms with van der Waals surface area (Å²) >= 11 is 0. The highest BCUT2D eigenvalue weighted by Gasteiger charge is 2.06. The zero-order valence-electron chi connectivity index (χ0n) is 7.66. The molecule has 2 aromatic heterocycles. The maximum absolute atomic E-state index is 13.4. The highest BCUT2D eigenvalue weighted by molar-refractivity contribution is 5.42. The topological polar surface area (TPSA) is 17.3 Å². The SMILES string of the molecule is CC(C)c1cc(F)c2nccn2c1. The summed E-state index contributed by atoms with van der Waals surface area (Å²) in [6.45, 7) is 4.08. The zero-order valence-corrected chi connectivity index (χ0v) is 7.66. The highest BCUT2D eigenvalue weighted by atomic mass is 19.1. The van der Waals surface area contributed by atoms with Crippen LogP contribution in [-0.2, 0) is 0 Å². The average Bonchev–Trinajstić information content (AvgIpc) is 2.51. The Bertz CT molecular complexity index is 431. The second-order valence-corrected chi connectivity index (χ2v) is 3.43. The number of imidazole rings is 1. The standard InChI is InChI=1S/C10H11FN2/c1-7(2)8-5-9(11)10-12-3-4-13(10)6-8/h3-7H,1-2H3. The van der Waals surface area contributed by atoms with Gasteiger partial charge in [0.2, 0.25) is 0 Å². The molecule has 2 aromatic rings. The van der Waals surface area contributed by atoms with Crippen LogP contribution in [0.5, 0.6) is 0 Å². The van der Waals surface area contributed by atoms with Crippen LogP contribution in [0.25, 0.3) is 5.65 Å². The van der Waals surface area contributed by atoms with Gasteiger partial charge in [-0.25, -0.2) is 9.37 Å². The lowest BCUT2D eigenvalue weighted by Crippen LogP contribution is -1.95. The fourth-order valence-electron chi connectivity index (χ4n) is 1.33. The van der Waals surface area contributed by atoms with Crippen molar-refractivity contribution in [3.63, 3.8) is 0 Å². The van der Waals surface area contributed by atoms with Crippen molar-refractivity contribution in [3.05, 3.63) is 36.0 Å². The van der Waals surface area contributed by atoms with Gasteiger partial charge in [-0.3, -0.25) is 0 Å². The van der Waals surface area contributed by atoms with E-state index in [4.69, 9.17) is 0 Å². The molecule has 0 unspecified atom stereocenters. The van der Waals surface area contributed by atoms with E-state index >= 15 is 0 Å². The van der Waals surface area contributed by atoms with Gasteiger partial charge in [0.05, 0.1) is 0 Å². The predicted octanol–water partition coefficient (Wildman–Crippen LogP) is 2.60. The Morgan fingerprint density at radius 3 is 2.92 bits per heavy atom. The summed E-state index contributed by atoms with van der Waals surface area (Å²) in [4.78, 5) is 3.91. The number of halogens is 1. The number of aromatic nitrogens is 2. The molecule has 0 saturated carbocycles. The van der Waals surface area contributed by atoms with Gasteiger partial charge in [-0.1, -0.05) is 13.8 Å².